The van der Waals surface area contributed by atoms with Crippen molar-refractivity contribution in [2.45, 2.75) is 23.5 Å². The number of benzene rings is 1. The Morgan fingerprint density at radius 3 is 2.55 bits per heavy atom. The van der Waals surface area contributed by atoms with Crippen molar-refractivity contribution in [3.05, 3.63) is 52.9 Å². The van der Waals surface area contributed by atoms with E-state index in [2.05, 4.69) is 12.2 Å². The van der Waals surface area contributed by atoms with Crippen molar-refractivity contribution in [3.8, 4) is 0 Å². The molecule has 0 bridgehead atoms. The van der Waals surface area contributed by atoms with Gasteiger partial charge in [0, 0.05) is 17.8 Å². The van der Waals surface area contributed by atoms with Gasteiger partial charge in [0.2, 0.25) is 10.0 Å². The zero-order valence-corrected chi connectivity index (χ0v) is 13.8. The molecule has 1 atom stereocenters. The third-order valence-corrected chi connectivity index (χ3v) is 5.78. The van der Waals surface area contributed by atoms with Crippen molar-refractivity contribution in [1.29, 1.82) is 0 Å². The van der Waals surface area contributed by atoms with E-state index in [0.29, 0.717) is 12.1 Å². The predicted octanol–water partition coefficient (Wildman–Crippen LogP) is 2.32. The molecule has 0 fully saturated rings. The minimum Gasteiger partial charge on any atom is -0.351 e. The van der Waals surface area contributed by atoms with Gasteiger partial charge in [0.15, 0.2) is 0 Å². The number of primary sulfonamides is 1. The Morgan fingerprint density at radius 2 is 2.00 bits per heavy atom. The predicted molar refractivity (Wildman–Crippen MR) is 87.5 cm³/mol. The number of rotatable bonds is 6. The summed E-state index contributed by atoms with van der Waals surface area (Å²) in [6, 6.07) is 11.3. The van der Waals surface area contributed by atoms with Crippen LogP contribution in [0.3, 0.4) is 0 Å². The van der Waals surface area contributed by atoms with Crippen molar-refractivity contribution in [2.24, 2.45) is 5.14 Å². The molecular formula is C15H18N2O3S2. The summed E-state index contributed by atoms with van der Waals surface area (Å²) >= 11 is 0.947. The molecule has 1 unspecified atom stereocenters. The Hall–Kier alpha value is -1.70. The van der Waals surface area contributed by atoms with Crippen molar-refractivity contribution in [1.82, 2.24) is 5.32 Å². The minimum absolute atomic E-state index is 0.00671. The molecule has 1 aromatic carbocycles. The summed E-state index contributed by atoms with van der Waals surface area (Å²) in [5.74, 6) is -0.0676. The maximum absolute atomic E-state index is 12.1. The molecule has 1 amide bonds. The summed E-state index contributed by atoms with van der Waals surface area (Å²) < 4.78 is 22.4. The van der Waals surface area contributed by atoms with Crippen molar-refractivity contribution < 1.29 is 13.2 Å². The molecule has 0 radical (unpaired) electrons. The standard InChI is InChI=1S/C15H18N2O3S2/c1-2-11(12-6-4-3-5-7-12)9-17-15(18)13-8-14(21-10-13)22(16,19)20/h3-8,10-11H,2,9H2,1H3,(H,17,18)(H2,16,19,20). The van der Waals surface area contributed by atoms with E-state index >= 15 is 0 Å². The normalized spacial score (nSPS) is 12.8. The summed E-state index contributed by atoms with van der Waals surface area (Å²) in [4.78, 5) is 12.1. The number of carbonyl (C=O) groups is 1. The molecule has 5 nitrogen and oxygen atoms in total. The van der Waals surface area contributed by atoms with Crippen LogP contribution in [0.2, 0.25) is 0 Å². The number of hydrogen-bond acceptors (Lipinski definition) is 4. The van der Waals surface area contributed by atoms with E-state index in [9.17, 15) is 13.2 Å². The van der Waals surface area contributed by atoms with Gasteiger partial charge >= 0.3 is 0 Å². The van der Waals surface area contributed by atoms with Crippen LogP contribution in [0.25, 0.3) is 0 Å². The smallest absolute Gasteiger partial charge is 0.252 e. The topological polar surface area (TPSA) is 89.3 Å². The molecule has 0 saturated heterocycles. The van der Waals surface area contributed by atoms with E-state index in [1.165, 1.54) is 17.0 Å². The minimum atomic E-state index is -3.76. The Bertz CT molecular complexity index is 739. The lowest BCUT2D eigenvalue weighted by Gasteiger charge is -2.15. The number of sulfonamides is 1. The van der Waals surface area contributed by atoms with Crippen molar-refractivity contribution >= 4 is 27.3 Å². The largest absolute Gasteiger partial charge is 0.351 e. The van der Waals surface area contributed by atoms with E-state index in [0.717, 1.165) is 17.8 Å². The summed E-state index contributed by atoms with van der Waals surface area (Å²) in [5.41, 5.74) is 1.48. The molecule has 2 rings (SSSR count). The van der Waals surface area contributed by atoms with Crippen molar-refractivity contribution in [3.63, 3.8) is 0 Å². The first-order chi connectivity index (χ1) is 10.4. The summed E-state index contributed by atoms with van der Waals surface area (Å²) in [6.07, 6.45) is 0.899. The van der Waals surface area contributed by atoms with Gasteiger partial charge in [-0.05, 0) is 18.1 Å². The van der Waals surface area contributed by atoms with Crippen LogP contribution in [-0.4, -0.2) is 20.9 Å². The highest BCUT2D eigenvalue weighted by atomic mass is 32.2. The Morgan fingerprint density at radius 1 is 1.32 bits per heavy atom. The van der Waals surface area contributed by atoms with Crippen molar-refractivity contribution in [2.75, 3.05) is 6.54 Å². The first-order valence-corrected chi connectivity index (χ1v) is 9.29. The van der Waals surface area contributed by atoms with Crippen LogP contribution in [0.1, 0.15) is 35.2 Å². The van der Waals surface area contributed by atoms with Crippen LogP contribution in [0, 0.1) is 0 Å². The Kier molecular flexibility index (Phi) is 5.33. The van der Waals surface area contributed by atoms with E-state index in [4.69, 9.17) is 5.14 Å². The van der Waals surface area contributed by atoms with Gasteiger partial charge in [-0.1, -0.05) is 37.3 Å². The molecule has 0 aliphatic carbocycles. The van der Waals surface area contributed by atoms with Gasteiger partial charge in [0.1, 0.15) is 4.21 Å². The number of nitrogens with two attached hydrogens (primary N) is 1. The van der Waals surface area contributed by atoms with E-state index in [1.54, 1.807) is 0 Å². The fourth-order valence-corrected chi connectivity index (χ4v) is 3.71. The van der Waals surface area contributed by atoms with Crippen LogP contribution in [0.15, 0.2) is 46.0 Å². The third kappa shape index (κ3) is 4.16. The molecule has 7 heteroatoms. The van der Waals surface area contributed by atoms with Gasteiger partial charge in [0.25, 0.3) is 5.91 Å². The SMILES string of the molecule is CCC(CNC(=O)c1csc(S(N)(=O)=O)c1)c1ccccc1. The number of amides is 1. The molecule has 0 aliphatic rings. The molecule has 118 valence electrons. The molecule has 1 heterocycles. The highest BCUT2D eigenvalue weighted by Gasteiger charge is 2.16. The molecule has 2 aromatic rings. The van der Waals surface area contributed by atoms with Crippen LogP contribution in [0.4, 0.5) is 0 Å². The number of hydrogen-bond donors (Lipinski definition) is 2. The lowest BCUT2D eigenvalue weighted by atomic mass is 9.96. The Balaban J connectivity index is 2.01. The second-order valence-electron chi connectivity index (χ2n) is 4.93. The van der Waals surface area contributed by atoms with Crippen LogP contribution < -0.4 is 10.5 Å². The summed E-state index contributed by atoms with van der Waals surface area (Å²) in [7, 11) is -3.76. The summed E-state index contributed by atoms with van der Waals surface area (Å²) in [5, 5.41) is 9.38. The van der Waals surface area contributed by atoms with Crippen LogP contribution in [-0.2, 0) is 10.0 Å². The maximum atomic E-state index is 12.1. The summed E-state index contributed by atoms with van der Waals surface area (Å²) in [6.45, 7) is 2.56. The third-order valence-electron chi connectivity index (χ3n) is 3.39. The lowest BCUT2D eigenvalue weighted by molar-refractivity contribution is 0.0951. The molecule has 0 aliphatic heterocycles. The van der Waals surface area contributed by atoms with Gasteiger partial charge in [-0.3, -0.25) is 4.79 Å². The number of thiophene rings is 1. The van der Waals surface area contributed by atoms with Crippen LogP contribution in [0.5, 0.6) is 0 Å². The fraction of sp³-hybridized carbons (Fsp3) is 0.267. The van der Waals surface area contributed by atoms with E-state index in [-0.39, 0.29) is 16.0 Å². The highest BCUT2D eigenvalue weighted by Crippen LogP contribution is 2.20. The molecule has 0 spiro atoms. The van der Waals surface area contributed by atoms with E-state index < -0.39 is 10.0 Å². The maximum Gasteiger partial charge on any atom is 0.252 e. The van der Waals surface area contributed by atoms with Gasteiger partial charge in [-0.15, -0.1) is 11.3 Å². The van der Waals surface area contributed by atoms with Gasteiger partial charge < -0.3 is 5.32 Å². The fourth-order valence-electron chi connectivity index (χ4n) is 2.13. The average molecular weight is 338 g/mol. The quantitative estimate of drug-likeness (QED) is 0.847. The van der Waals surface area contributed by atoms with Gasteiger partial charge in [-0.2, -0.15) is 0 Å². The second kappa shape index (κ2) is 7.04. The first kappa shape index (κ1) is 16.7. The molecular weight excluding hydrogens is 320 g/mol. The molecule has 1 aromatic heterocycles. The lowest BCUT2D eigenvalue weighted by Crippen LogP contribution is -2.28. The Labute approximate surface area is 134 Å². The van der Waals surface area contributed by atoms with E-state index in [1.807, 2.05) is 30.3 Å². The number of nitrogens with one attached hydrogen (secondary N) is 1. The number of carbonyl (C=O) groups excluding carboxylic acids is 1. The monoisotopic (exact) mass is 338 g/mol. The molecule has 22 heavy (non-hydrogen) atoms. The van der Waals surface area contributed by atoms with Gasteiger partial charge in [-0.25, -0.2) is 13.6 Å². The zero-order chi connectivity index (χ0) is 16.2. The highest BCUT2D eigenvalue weighted by molar-refractivity contribution is 7.91. The zero-order valence-electron chi connectivity index (χ0n) is 12.2. The average Bonchev–Trinajstić information content (AvgIpc) is 2.99. The second-order valence-corrected chi connectivity index (χ2v) is 7.62. The first-order valence-electron chi connectivity index (χ1n) is 6.86. The molecule has 3 N–H and O–H groups in total. The molecule has 0 saturated carbocycles. The van der Waals surface area contributed by atoms with Gasteiger partial charge in [0.05, 0.1) is 5.56 Å². The van der Waals surface area contributed by atoms with Crippen LogP contribution >= 0.6 is 11.3 Å².